The Hall–Kier alpha value is -13.2. The lowest BCUT2D eigenvalue weighted by molar-refractivity contribution is -0.137. The molecule has 15 rings (SSSR count). The largest absolute Gasteiger partial charge is 0.493 e. The zero-order chi connectivity index (χ0) is 87.0. The van der Waals surface area contributed by atoms with Gasteiger partial charge in [0, 0.05) is 94.5 Å². The van der Waals surface area contributed by atoms with Crippen molar-refractivity contribution < 1.29 is 97.5 Å². The van der Waals surface area contributed by atoms with Crippen molar-refractivity contribution in [2.24, 2.45) is 9.98 Å². The molecule has 0 fully saturated rings. The summed E-state index contributed by atoms with van der Waals surface area (Å²) in [5, 5.41) is 26.0. The minimum Gasteiger partial charge on any atom is -0.493 e. The average Bonchev–Trinajstić information content (AvgIpc) is 1.61. The fourth-order valence-corrected chi connectivity index (χ4v) is 16.2. The number of Topliss-reactive ketones (excluding diaryl/α,β-unsaturated/α-hetero) is 1. The highest BCUT2D eigenvalue weighted by atomic mass is 16.6. The molecule has 30 heteroatoms. The van der Waals surface area contributed by atoms with E-state index in [4.69, 9.17) is 37.9 Å². The first-order valence-corrected chi connectivity index (χ1v) is 41.3. The zero-order valence-electron chi connectivity index (χ0n) is 70.2. The van der Waals surface area contributed by atoms with Crippen molar-refractivity contribution in [2.45, 2.75) is 175 Å². The molecule has 0 saturated carbocycles. The first-order chi connectivity index (χ1) is 59.2. The SMILES string of the molecule is COc1cc2c(cc1OCCCCCOc1cc3c(cc1C)C(=O)N1C=C(C)C[C@H]1C=N3)N(C(=O)OCc1ccc(C)cc1)[C@@H](O)[C@@H]1CC(C)=CN1C2=O.COc1cc2c(cc1OCCCCCOc1cc3c(cc1C)C(=O)N1C=C(C)C[C@H]1C=N3)N(C(=O)OCc1ccc(CC(=O)CNC(=O)CCN3C(=O)C=CC3=O)cc1)[C@@H](O)[C@@H]1CC(C)=CN1C2=O.[HH]. The number of aryl methyl sites for hydroxylation is 3. The maximum absolute atomic E-state index is 14.0. The van der Waals surface area contributed by atoms with Crippen molar-refractivity contribution in [2.75, 3.05) is 63.5 Å². The molecular formula is C93H102N10O20. The van der Waals surface area contributed by atoms with E-state index in [2.05, 4.69) is 15.3 Å². The van der Waals surface area contributed by atoms with Crippen molar-refractivity contribution in [1.82, 2.24) is 29.8 Å². The number of nitrogens with one attached hydrogen (secondary N) is 1. The lowest BCUT2D eigenvalue weighted by Crippen LogP contribution is -2.50. The van der Waals surface area contributed by atoms with Crippen molar-refractivity contribution in [3.63, 3.8) is 0 Å². The van der Waals surface area contributed by atoms with Gasteiger partial charge in [-0.3, -0.25) is 53.2 Å². The fourth-order valence-electron chi connectivity index (χ4n) is 16.2. The number of hydrogen-bond acceptors (Lipinski definition) is 22. The number of anilines is 2. The van der Waals surface area contributed by atoms with E-state index >= 15 is 0 Å². The minimum atomic E-state index is -1.48. The number of unbranched alkanes of at least 4 members (excludes halogenated alkanes) is 4. The number of aliphatic hydroxyl groups is 2. The highest BCUT2D eigenvalue weighted by Gasteiger charge is 2.48. The Morgan fingerprint density at radius 3 is 1.28 bits per heavy atom. The monoisotopic (exact) mass is 1680 g/mol. The molecular weight excluding hydrogens is 1580 g/mol. The Kier molecular flexibility index (Phi) is 26.5. The number of rotatable bonds is 29. The van der Waals surface area contributed by atoms with Gasteiger partial charge in [0.25, 0.3) is 35.4 Å². The van der Waals surface area contributed by atoms with Crippen molar-refractivity contribution in [1.29, 1.82) is 0 Å². The fraction of sp³-hybridized carbons (Fsp3) is 0.376. The number of aliphatic imine (C=N–C) groups is 2. The quantitative estimate of drug-likeness (QED) is 0.0290. The molecule has 0 spiro atoms. The van der Waals surface area contributed by atoms with Crippen LogP contribution in [0.2, 0.25) is 0 Å². The topological polar surface area (TPSA) is 344 Å². The van der Waals surface area contributed by atoms with Crippen LogP contribution in [0.1, 0.15) is 175 Å². The number of carbonyl (C=O) groups is 10. The normalized spacial score (nSPS) is 19.5. The third-order valence-electron chi connectivity index (χ3n) is 22.7. The van der Waals surface area contributed by atoms with E-state index in [1.54, 1.807) is 58.6 Å². The van der Waals surface area contributed by atoms with E-state index < -0.39 is 60.4 Å². The molecule has 0 bridgehead atoms. The lowest BCUT2D eigenvalue weighted by Gasteiger charge is -2.31. The summed E-state index contributed by atoms with van der Waals surface area (Å²) in [6, 6.07) is 26.3. The number of ketones is 1. The van der Waals surface area contributed by atoms with Gasteiger partial charge >= 0.3 is 12.2 Å². The molecule has 0 saturated heterocycles. The summed E-state index contributed by atoms with van der Waals surface area (Å²) in [7, 11) is 2.94. The third kappa shape index (κ3) is 19.3. The zero-order valence-corrected chi connectivity index (χ0v) is 70.2. The Bertz CT molecular complexity index is 5410. The van der Waals surface area contributed by atoms with Gasteiger partial charge in [0.1, 0.15) is 24.7 Å². The number of imide groups is 1. The van der Waals surface area contributed by atoms with Gasteiger partial charge in [-0.1, -0.05) is 76.4 Å². The molecule has 644 valence electrons. The van der Waals surface area contributed by atoms with Gasteiger partial charge in [0.15, 0.2) is 41.2 Å². The third-order valence-corrected chi connectivity index (χ3v) is 22.7. The van der Waals surface area contributed by atoms with Crippen LogP contribution in [0.15, 0.2) is 166 Å². The van der Waals surface area contributed by atoms with E-state index in [1.165, 1.54) is 36.2 Å². The van der Waals surface area contributed by atoms with E-state index in [0.29, 0.717) is 109 Å². The number of methoxy groups -OCH3 is 2. The van der Waals surface area contributed by atoms with Crippen LogP contribution < -0.4 is 43.5 Å². The summed E-state index contributed by atoms with van der Waals surface area (Å²) in [5.41, 5.74) is 11.8. The second-order valence-electron chi connectivity index (χ2n) is 32.1. The van der Waals surface area contributed by atoms with Crippen molar-refractivity contribution in [3.05, 3.63) is 212 Å². The lowest BCUT2D eigenvalue weighted by atomic mass is 10.1. The summed E-state index contributed by atoms with van der Waals surface area (Å²) in [6.07, 6.45) is 15.1. The van der Waals surface area contributed by atoms with Crippen LogP contribution in [0, 0.1) is 20.8 Å². The molecule has 9 aliphatic heterocycles. The van der Waals surface area contributed by atoms with Crippen LogP contribution in [0.4, 0.5) is 32.3 Å². The first-order valence-electron chi connectivity index (χ1n) is 41.3. The number of hydrogen-bond donors (Lipinski definition) is 3. The van der Waals surface area contributed by atoms with Crippen LogP contribution in [0.3, 0.4) is 0 Å². The molecule has 9 aliphatic rings. The van der Waals surface area contributed by atoms with Gasteiger partial charge in [0.2, 0.25) is 5.91 Å². The van der Waals surface area contributed by atoms with Gasteiger partial charge in [0.05, 0.1) is 116 Å². The van der Waals surface area contributed by atoms with Crippen LogP contribution >= 0.6 is 0 Å². The van der Waals surface area contributed by atoms with E-state index in [1.807, 2.05) is 122 Å². The number of aliphatic hydroxyl groups excluding tert-OH is 2. The summed E-state index contributed by atoms with van der Waals surface area (Å²) < 4.78 is 47.4. The summed E-state index contributed by atoms with van der Waals surface area (Å²) >= 11 is 0. The molecule has 9 heterocycles. The summed E-state index contributed by atoms with van der Waals surface area (Å²) in [5.74, 6) is -0.0783. The van der Waals surface area contributed by atoms with Crippen molar-refractivity contribution >= 4 is 94.5 Å². The minimum absolute atomic E-state index is 0. The maximum atomic E-state index is 14.0. The van der Waals surface area contributed by atoms with E-state index in [9.17, 15) is 58.2 Å². The molecule has 0 aromatic heterocycles. The van der Waals surface area contributed by atoms with Crippen LogP contribution in [0.25, 0.3) is 0 Å². The van der Waals surface area contributed by atoms with E-state index in [-0.39, 0.29) is 117 Å². The number of amides is 9. The number of fused-ring (bicyclic) bond motifs is 8. The van der Waals surface area contributed by atoms with E-state index in [0.717, 1.165) is 104 Å². The predicted molar refractivity (Wildman–Crippen MR) is 457 cm³/mol. The van der Waals surface area contributed by atoms with Gasteiger partial charge in [-0.15, -0.1) is 0 Å². The molecule has 3 N–H and O–H groups in total. The number of nitrogens with zero attached hydrogens (tertiary/aromatic N) is 9. The van der Waals surface area contributed by atoms with Gasteiger partial charge in [-0.05, 0) is 165 Å². The highest BCUT2D eigenvalue weighted by Crippen LogP contribution is 2.46. The van der Waals surface area contributed by atoms with Gasteiger partial charge < -0.3 is 73.0 Å². The molecule has 6 atom stereocenters. The molecule has 123 heavy (non-hydrogen) atoms. The second kappa shape index (κ2) is 37.8. The molecule has 0 radical (unpaired) electrons. The molecule has 6 aromatic rings. The number of benzene rings is 6. The number of ether oxygens (including phenoxy) is 8. The Balaban J connectivity index is 0.000000217. The maximum Gasteiger partial charge on any atom is 0.416 e. The predicted octanol–water partition coefficient (Wildman–Crippen LogP) is 13.2. The Morgan fingerprint density at radius 2 is 0.846 bits per heavy atom. The molecule has 0 aliphatic carbocycles. The Morgan fingerprint density at radius 1 is 0.455 bits per heavy atom. The Labute approximate surface area is 713 Å². The summed E-state index contributed by atoms with van der Waals surface area (Å²) in [6.45, 7) is 14.6. The molecule has 30 nitrogen and oxygen atoms in total. The smallest absolute Gasteiger partial charge is 0.416 e. The van der Waals surface area contributed by atoms with Crippen LogP contribution in [-0.2, 0) is 48.3 Å². The molecule has 0 unspecified atom stereocenters. The second-order valence-corrected chi connectivity index (χ2v) is 32.1. The molecule has 9 amide bonds. The average molecular weight is 1680 g/mol. The van der Waals surface area contributed by atoms with Crippen LogP contribution in [-0.4, -0.2) is 197 Å². The molecule has 6 aromatic carbocycles. The summed E-state index contributed by atoms with van der Waals surface area (Å²) in [4.78, 5) is 149. The highest BCUT2D eigenvalue weighted by molar-refractivity contribution is 6.13. The first kappa shape index (κ1) is 86.2. The number of carbonyl (C=O) groups excluding carboxylic acids is 10. The van der Waals surface area contributed by atoms with Crippen molar-refractivity contribution in [3.8, 4) is 34.5 Å². The van der Waals surface area contributed by atoms with Gasteiger partial charge in [-0.2, -0.15) is 0 Å². The van der Waals surface area contributed by atoms with Gasteiger partial charge in [-0.25, -0.2) is 19.4 Å². The van der Waals surface area contributed by atoms with Crippen LogP contribution in [0.5, 0.6) is 34.5 Å². The standard InChI is InChI=1S/C51H54N6O12.C42H46N4O8.H2/c1-30-18-35-25-52-39-23-42(32(3)20-37(39)48(62)55(35)27-30)67-16-6-5-7-17-68-44-24-40-38(22-43(44)66-4)49(63)56-28-31(2)19-41(56)50(64)57(40)51(65)69-29-34-10-8-33(9-11-34)21-36(58)26-53-45(59)14-15-54-46(60)12-13-47(54)61;1-25-9-11-29(12-10-25)24-54-42(50)46-34-20-38(37(51-5)18-32(34)40(48)45-23-27(3)16-35(45)41(46)49)53-14-8-6-7-13-52-36-19-33-31(17-28(36)4)39(47)44-22-26(2)15-30(44)21-43-33;/h8-13,20,22-25,27-28,35,41,50,64H,5-7,14-19,21,26,29H2,1-4H3,(H,53,59);9-12,17-23,30,35,41,49H,6-8,13-16,24H2,1-5H3;1H/t35-,41-,50-;30-,35-,41-;/m00./s1.